The van der Waals surface area contributed by atoms with Crippen molar-refractivity contribution in [2.45, 2.75) is 61.9 Å². The summed E-state index contributed by atoms with van der Waals surface area (Å²) in [7, 11) is -3.10. The first-order valence-electron chi connectivity index (χ1n) is 11.6. The molecule has 1 atom stereocenters. The maximum absolute atomic E-state index is 14.2. The van der Waals surface area contributed by atoms with Gasteiger partial charge in [0, 0.05) is 48.7 Å². The lowest BCUT2D eigenvalue weighted by Gasteiger charge is -2.28. The third-order valence-corrected chi connectivity index (χ3v) is 7.64. The van der Waals surface area contributed by atoms with E-state index in [-0.39, 0.29) is 59.2 Å². The van der Waals surface area contributed by atoms with Crippen LogP contribution in [0.3, 0.4) is 0 Å². The molecule has 2 heterocycles. The quantitative estimate of drug-likeness (QED) is 0.451. The van der Waals surface area contributed by atoms with Gasteiger partial charge in [0.25, 0.3) is 5.91 Å². The maximum Gasteiger partial charge on any atom is 0.418 e. The lowest BCUT2D eigenvalue weighted by atomic mass is 9.97. The van der Waals surface area contributed by atoms with Crippen molar-refractivity contribution >= 4 is 27.1 Å². The summed E-state index contributed by atoms with van der Waals surface area (Å²) in [5, 5.41) is 2.54. The number of anilines is 2. The zero-order valence-electron chi connectivity index (χ0n) is 19.8. The van der Waals surface area contributed by atoms with E-state index in [4.69, 9.17) is 4.78 Å². The number of carbonyl (C=O) groups is 1. The molecule has 1 saturated heterocycles. The fourth-order valence-corrected chi connectivity index (χ4v) is 5.20. The Balaban J connectivity index is 1.83. The van der Waals surface area contributed by atoms with Gasteiger partial charge in [0.2, 0.25) is 5.92 Å². The van der Waals surface area contributed by atoms with E-state index in [1.54, 1.807) is 0 Å². The van der Waals surface area contributed by atoms with E-state index in [0.717, 1.165) is 0 Å². The first kappa shape index (κ1) is 26.3. The number of amides is 1. The number of carbonyl (C=O) groups excluding carboxylic acids is 1. The molecule has 1 amide bonds. The van der Waals surface area contributed by atoms with Gasteiger partial charge in [-0.15, -0.1) is 0 Å². The van der Waals surface area contributed by atoms with E-state index < -0.39 is 45.6 Å². The standard InChI is InChI=1S/C24H27F5N4O2S/c1-14-18(22(34)31-16-5-3-6-17(13-16)36(2,30)35)21(33-11-4-9-23(25,26)10-12-33)32-20(15-7-8-15)19(14)24(27,28)29/h3,5-6,13,15,30H,4,7-12H2,1-2H3,(H,31,34). The Morgan fingerprint density at radius 3 is 2.53 bits per heavy atom. The number of aromatic nitrogens is 1. The van der Waals surface area contributed by atoms with Crippen LogP contribution in [0.15, 0.2) is 29.2 Å². The predicted molar refractivity (Wildman–Crippen MR) is 126 cm³/mol. The van der Waals surface area contributed by atoms with Crippen LogP contribution in [0.5, 0.6) is 0 Å². The highest BCUT2D eigenvalue weighted by Crippen LogP contribution is 2.48. The van der Waals surface area contributed by atoms with Crippen LogP contribution in [0.25, 0.3) is 0 Å². The number of benzene rings is 1. The molecule has 196 valence electrons. The van der Waals surface area contributed by atoms with Crippen LogP contribution in [0.2, 0.25) is 0 Å². The van der Waals surface area contributed by atoms with Crippen LogP contribution in [-0.2, 0) is 15.9 Å². The second-order valence-corrected chi connectivity index (χ2v) is 11.6. The number of hydrogen-bond donors (Lipinski definition) is 2. The topological polar surface area (TPSA) is 86.2 Å². The molecule has 2 aromatic rings. The second-order valence-electron chi connectivity index (χ2n) is 9.49. The van der Waals surface area contributed by atoms with Crippen molar-refractivity contribution in [2.75, 3.05) is 29.6 Å². The van der Waals surface area contributed by atoms with Crippen LogP contribution in [0.1, 0.15) is 65.2 Å². The normalized spacial score (nSPS) is 19.9. The van der Waals surface area contributed by atoms with Crippen LogP contribution in [-0.4, -0.2) is 40.4 Å². The maximum atomic E-state index is 14.2. The van der Waals surface area contributed by atoms with Gasteiger partial charge in [-0.1, -0.05) is 6.07 Å². The predicted octanol–water partition coefficient (Wildman–Crippen LogP) is 6.20. The monoisotopic (exact) mass is 530 g/mol. The number of nitrogens with zero attached hydrogens (tertiary/aromatic N) is 2. The average Bonchev–Trinajstić information content (AvgIpc) is 3.60. The zero-order chi connectivity index (χ0) is 26.5. The molecule has 1 aliphatic carbocycles. The zero-order valence-corrected chi connectivity index (χ0v) is 20.7. The van der Waals surface area contributed by atoms with Gasteiger partial charge in [-0.2, -0.15) is 13.2 Å². The fourth-order valence-electron chi connectivity index (χ4n) is 4.51. The number of halogens is 5. The van der Waals surface area contributed by atoms with E-state index in [2.05, 4.69) is 10.3 Å². The Morgan fingerprint density at radius 1 is 1.22 bits per heavy atom. The summed E-state index contributed by atoms with van der Waals surface area (Å²) >= 11 is 0. The Kier molecular flexibility index (Phi) is 6.78. The lowest BCUT2D eigenvalue weighted by Crippen LogP contribution is -2.31. The summed E-state index contributed by atoms with van der Waals surface area (Å²) in [6.45, 7) is 1.19. The van der Waals surface area contributed by atoms with E-state index >= 15 is 0 Å². The van der Waals surface area contributed by atoms with Crippen molar-refractivity contribution in [3.05, 3.63) is 46.6 Å². The SMILES string of the molecule is Cc1c(C(=O)Nc2cccc(S(C)(=N)=O)c2)c(N2CCCC(F)(F)CC2)nc(C2CC2)c1C(F)(F)F. The molecule has 2 fully saturated rings. The molecular formula is C24H27F5N4O2S. The van der Waals surface area contributed by atoms with Gasteiger partial charge in [0.05, 0.1) is 26.5 Å². The minimum atomic E-state index is -4.76. The number of nitrogens with one attached hydrogen (secondary N) is 2. The highest BCUT2D eigenvalue weighted by molar-refractivity contribution is 7.91. The highest BCUT2D eigenvalue weighted by Gasteiger charge is 2.44. The summed E-state index contributed by atoms with van der Waals surface area (Å²) in [6.07, 6.45) is -3.22. The molecule has 4 rings (SSSR count). The average molecular weight is 531 g/mol. The van der Waals surface area contributed by atoms with Crippen LogP contribution < -0.4 is 10.2 Å². The minimum absolute atomic E-state index is 0.0338. The Labute approximate surface area is 206 Å². The third-order valence-electron chi connectivity index (χ3n) is 6.49. The molecule has 0 bridgehead atoms. The van der Waals surface area contributed by atoms with Crippen molar-refractivity contribution in [1.82, 2.24) is 4.98 Å². The Bertz CT molecular complexity index is 1290. The molecule has 6 nitrogen and oxygen atoms in total. The van der Waals surface area contributed by atoms with Gasteiger partial charge in [-0.25, -0.2) is 22.8 Å². The largest absolute Gasteiger partial charge is 0.418 e. The molecule has 12 heteroatoms. The minimum Gasteiger partial charge on any atom is -0.356 e. The smallest absolute Gasteiger partial charge is 0.356 e. The van der Waals surface area contributed by atoms with Crippen molar-refractivity contribution in [3.63, 3.8) is 0 Å². The molecule has 1 aromatic carbocycles. The van der Waals surface area contributed by atoms with Gasteiger partial charge in [-0.05, 0) is 49.9 Å². The number of alkyl halides is 5. The molecule has 1 aromatic heterocycles. The number of hydrogen-bond acceptors (Lipinski definition) is 5. The molecule has 0 spiro atoms. The van der Waals surface area contributed by atoms with Crippen molar-refractivity contribution in [3.8, 4) is 0 Å². The first-order valence-corrected chi connectivity index (χ1v) is 13.5. The van der Waals surface area contributed by atoms with Gasteiger partial charge in [0.15, 0.2) is 0 Å². The third kappa shape index (κ3) is 5.63. The molecule has 2 aliphatic rings. The van der Waals surface area contributed by atoms with E-state index in [1.165, 1.54) is 42.3 Å². The molecule has 1 aliphatic heterocycles. The second kappa shape index (κ2) is 9.28. The molecule has 36 heavy (non-hydrogen) atoms. The van der Waals surface area contributed by atoms with Gasteiger partial charge < -0.3 is 10.2 Å². The number of rotatable bonds is 5. The van der Waals surface area contributed by atoms with Crippen LogP contribution >= 0.6 is 0 Å². The van der Waals surface area contributed by atoms with Crippen molar-refractivity contribution in [2.24, 2.45) is 0 Å². The fraction of sp³-hybridized carbons (Fsp3) is 0.500. The number of pyridine rings is 1. The molecular weight excluding hydrogens is 503 g/mol. The van der Waals surface area contributed by atoms with E-state index in [1.807, 2.05) is 0 Å². The van der Waals surface area contributed by atoms with E-state index in [0.29, 0.717) is 12.8 Å². The summed E-state index contributed by atoms with van der Waals surface area (Å²) < 4.78 is 90.4. The van der Waals surface area contributed by atoms with Gasteiger partial charge >= 0.3 is 6.18 Å². The van der Waals surface area contributed by atoms with Gasteiger partial charge in [0.1, 0.15) is 5.82 Å². The van der Waals surface area contributed by atoms with Crippen LogP contribution in [0.4, 0.5) is 33.5 Å². The summed E-state index contributed by atoms with van der Waals surface area (Å²) in [6, 6.07) is 5.71. The summed E-state index contributed by atoms with van der Waals surface area (Å²) in [4.78, 5) is 19.4. The molecule has 1 unspecified atom stereocenters. The summed E-state index contributed by atoms with van der Waals surface area (Å²) in [5.74, 6) is -4.21. The van der Waals surface area contributed by atoms with E-state index in [9.17, 15) is 31.0 Å². The van der Waals surface area contributed by atoms with Crippen molar-refractivity contribution < 1.29 is 31.0 Å². The molecule has 2 N–H and O–H groups in total. The molecule has 0 radical (unpaired) electrons. The lowest BCUT2D eigenvalue weighted by molar-refractivity contribution is -0.139. The Hall–Kier alpha value is -2.76. The van der Waals surface area contributed by atoms with Crippen LogP contribution in [0, 0.1) is 11.7 Å². The van der Waals surface area contributed by atoms with Gasteiger partial charge in [-0.3, -0.25) is 4.79 Å². The Morgan fingerprint density at radius 2 is 1.92 bits per heavy atom. The van der Waals surface area contributed by atoms with Crippen molar-refractivity contribution in [1.29, 1.82) is 4.78 Å². The molecule has 1 saturated carbocycles. The first-order chi connectivity index (χ1) is 16.7. The highest BCUT2D eigenvalue weighted by atomic mass is 32.2. The summed E-state index contributed by atoms with van der Waals surface area (Å²) in [5.41, 5.74) is -1.60.